The number of nitrogens with one attached hydrogen (secondary N) is 1. The highest BCUT2D eigenvalue weighted by Crippen LogP contribution is 2.34. The molecule has 1 heterocycles. The number of rotatable bonds is 10. The molecule has 2 aromatic carbocycles. The van der Waals surface area contributed by atoms with Crippen molar-refractivity contribution in [3.63, 3.8) is 0 Å². The van der Waals surface area contributed by atoms with Gasteiger partial charge in [0.15, 0.2) is 0 Å². The van der Waals surface area contributed by atoms with E-state index < -0.39 is 0 Å². The first-order chi connectivity index (χ1) is 15.1. The fourth-order valence-electron chi connectivity index (χ4n) is 3.24. The number of nitrogens with zero attached hydrogens (tertiary/aromatic N) is 3. The van der Waals surface area contributed by atoms with Gasteiger partial charge < -0.3 is 19.7 Å². The first kappa shape index (κ1) is 22.4. The Morgan fingerprint density at radius 2 is 1.77 bits per heavy atom. The van der Waals surface area contributed by atoms with Crippen LogP contribution in [0.25, 0.3) is 11.3 Å². The van der Waals surface area contributed by atoms with E-state index in [1.54, 1.807) is 16.7 Å². The van der Waals surface area contributed by atoms with E-state index >= 15 is 0 Å². The second-order valence-corrected chi connectivity index (χ2v) is 7.18. The van der Waals surface area contributed by atoms with Gasteiger partial charge in [0.25, 0.3) is 0 Å². The van der Waals surface area contributed by atoms with Gasteiger partial charge in [-0.2, -0.15) is 5.10 Å². The number of carbonyl (C=O) groups is 1. The Hall–Kier alpha value is -3.32. The topological polar surface area (TPSA) is 68.6 Å². The number of hydrogen-bond donors (Lipinski definition) is 1. The van der Waals surface area contributed by atoms with Crippen LogP contribution in [0.15, 0.2) is 60.7 Å². The normalized spacial score (nSPS) is 10.7. The number of para-hydroxylation sites is 1. The lowest BCUT2D eigenvalue weighted by Gasteiger charge is -2.23. The third-order valence-electron chi connectivity index (χ3n) is 4.82. The second kappa shape index (κ2) is 11.2. The van der Waals surface area contributed by atoms with Crippen LogP contribution in [-0.2, 0) is 18.3 Å². The summed E-state index contributed by atoms with van der Waals surface area (Å²) in [6, 6.07) is 19.4. The van der Waals surface area contributed by atoms with Crippen molar-refractivity contribution in [2.45, 2.75) is 19.9 Å². The van der Waals surface area contributed by atoms with Crippen LogP contribution >= 0.6 is 0 Å². The van der Waals surface area contributed by atoms with Gasteiger partial charge in [-0.15, -0.1) is 0 Å². The molecule has 7 heteroatoms. The highest BCUT2D eigenvalue weighted by atomic mass is 16.5. The molecule has 0 aliphatic carbocycles. The molecular weight excluding hydrogens is 392 g/mol. The van der Waals surface area contributed by atoms with Crippen LogP contribution in [0.5, 0.6) is 11.6 Å². The van der Waals surface area contributed by atoms with Crippen LogP contribution in [0.1, 0.15) is 18.9 Å². The van der Waals surface area contributed by atoms with E-state index in [2.05, 4.69) is 5.32 Å². The molecule has 0 spiro atoms. The lowest BCUT2D eigenvalue weighted by Crippen LogP contribution is -2.41. The molecule has 0 radical (unpaired) electrons. The molecule has 0 fully saturated rings. The van der Waals surface area contributed by atoms with Crippen LogP contribution in [0.2, 0.25) is 0 Å². The number of aromatic nitrogens is 2. The van der Waals surface area contributed by atoms with E-state index in [0.717, 1.165) is 23.2 Å². The predicted molar refractivity (Wildman–Crippen MR) is 121 cm³/mol. The van der Waals surface area contributed by atoms with E-state index in [1.165, 1.54) is 0 Å². The van der Waals surface area contributed by atoms with Crippen LogP contribution in [-0.4, -0.2) is 47.5 Å². The standard InChI is InChI=1S/C24H30N4O3/c1-4-15-25-24(29)28(16-17-30-3)18-21-22(19-11-7-5-8-12-19)26-27(2)23(21)31-20-13-9-6-10-14-20/h5-14H,4,15-18H2,1-3H3,(H,25,29). The van der Waals surface area contributed by atoms with Gasteiger partial charge in [-0.05, 0) is 18.6 Å². The first-order valence-corrected chi connectivity index (χ1v) is 10.5. The maximum Gasteiger partial charge on any atom is 0.317 e. The van der Waals surface area contributed by atoms with Gasteiger partial charge >= 0.3 is 6.03 Å². The summed E-state index contributed by atoms with van der Waals surface area (Å²) in [6.45, 7) is 3.89. The van der Waals surface area contributed by atoms with E-state index in [9.17, 15) is 4.79 Å². The summed E-state index contributed by atoms with van der Waals surface area (Å²) >= 11 is 0. The zero-order valence-electron chi connectivity index (χ0n) is 18.4. The summed E-state index contributed by atoms with van der Waals surface area (Å²) in [6.07, 6.45) is 0.869. The van der Waals surface area contributed by atoms with Crippen LogP contribution in [0.4, 0.5) is 4.79 Å². The van der Waals surface area contributed by atoms with Crippen molar-refractivity contribution in [2.75, 3.05) is 26.8 Å². The van der Waals surface area contributed by atoms with Gasteiger partial charge in [0.1, 0.15) is 11.4 Å². The molecule has 0 atom stereocenters. The van der Waals surface area contributed by atoms with Crippen molar-refractivity contribution in [1.29, 1.82) is 0 Å². The lowest BCUT2D eigenvalue weighted by molar-refractivity contribution is 0.146. The highest BCUT2D eigenvalue weighted by Gasteiger charge is 2.24. The van der Waals surface area contributed by atoms with Gasteiger partial charge in [-0.1, -0.05) is 55.5 Å². The third-order valence-corrected chi connectivity index (χ3v) is 4.82. The molecule has 7 nitrogen and oxygen atoms in total. The van der Waals surface area contributed by atoms with Crippen molar-refractivity contribution < 1.29 is 14.3 Å². The minimum absolute atomic E-state index is 0.132. The molecule has 3 rings (SSSR count). The zero-order valence-corrected chi connectivity index (χ0v) is 18.4. The average Bonchev–Trinajstić information content (AvgIpc) is 3.11. The van der Waals surface area contributed by atoms with Gasteiger partial charge in [0, 0.05) is 32.8 Å². The van der Waals surface area contributed by atoms with Crippen LogP contribution in [0, 0.1) is 0 Å². The maximum absolute atomic E-state index is 12.8. The van der Waals surface area contributed by atoms with Gasteiger partial charge in [0.2, 0.25) is 5.88 Å². The molecule has 0 bridgehead atoms. The Morgan fingerprint density at radius 3 is 2.42 bits per heavy atom. The number of carbonyl (C=O) groups excluding carboxylic acids is 1. The zero-order chi connectivity index (χ0) is 22.1. The quantitative estimate of drug-likeness (QED) is 0.524. The number of ether oxygens (including phenoxy) is 2. The third kappa shape index (κ3) is 5.86. The van der Waals surface area contributed by atoms with Crippen molar-refractivity contribution in [3.05, 3.63) is 66.2 Å². The minimum Gasteiger partial charge on any atom is -0.439 e. The summed E-state index contributed by atoms with van der Waals surface area (Å²) < 4.78 is 13.2. The average molecular weight is 423 g/mol. The SMILES string of the molecule is CCCNC(=O)N(CCOC)Cc1c(-c2ccccc2)nn(C)c1Oc1ccccc1. The van der Waals surface area contributed by atoms with Gasteiger partial charge in [-0.3, -0.25) is 0 Å². The summed E-state index contributed by atoms with van der Waals surface area (Å²) in [5, 5.41) is 7.69. The van der Waals surface area contributed by atoms with Gasteiger partial charge in [-0.25, -0.2) is 9.48 Å². The molecule has 1 aromatic heterocycles. The number of aryl methyl sites for hydroxylation is 1. The molecule has 2 amide bonds. The minimum atomic E-state index is -0.132. The number of methoxy groups -OCH3 is 1. The van der Waals surface area contributed by atoms with E-state index in [1.807, 2.05) is 74.6 Å². The molecule has 0 saturated heterocycles. The Labute approximate surface area is 183 Å². The molecule has 31 heavy (non-hydrogen) atoms. The van der Waals surface area contributed by atoms with E-state index in [0.29, 0.717) is 37.9 Å². The molecule has 164 valence electrons. The molecule has 0 aliphatic rings. The van der Waals surface area contributed by atoms with Crippen molar-refractivity contribution in [1.82, 2.24) is 20.0 Å². The number of amides is 2. The van der Waals surface area contributed by atoms with Gasteiger partial charge in [0.05, 0.1) is 18.7 Å². The number of urea groups is 1. The van der Waals surface area contributed by atoms with Crippen LogP contribution < -0.4 is 10.1 Å². The second-order valence-electron chi connectivity index (χ2n) is 7.18. The Morgan fingerprint density at radius 1 is 1.10 bits per heavy atom. The molecule has 1 N–H and O–H groups in total. The lowest BCUT2D eigenvalue weighted by atomic mass is 10.1. The Bertz CT molecular complexity index is 958. The molecule has 0 aliphatic heterocycles. The van der Waals surface area contributed by atoms with Crippen molar-refractivity contribution in [3.8, 4) is 22.9 Å². The first-order valence-electron chi connectivity index (χ1n) is 10.5. The molecule has 0 saturated carbocycles. The summed E-state index contributed by atoms with van der Waals surface area (Å²) in [7, 11) is 3.48. The smallest absolute Gasteiger partial charge is 0.317 e. The monoisotopic (exact) mass is 422 g/mol. The molecule has 3 aromatic rings. The maximum atomic E-state index is 12.8. The van der Waals surface area contributed by atoms with Crippen LogP contribution in [0.3, 0.4) is 0 Å². The van der Waals surface area contributed by atoms with Crippen molar-refractivity contribution in [2.24, 2.45) is 7.05 Å². The molecular formula is C24H30N4O3. The predicted octanol–water partition coefficient (Wildman–Crippen LogP) is 4.45. The molecule has 0 unspecified atom stereocenters. The number of benzene rings is 2. The fourth-order valence-corrected chi connectivity index (χ4v) is 3.24. The summed E-state index contributed by atoms with van der Waals surface area (Å²) in [5.41, 5.74) is 2.61. The number of hydrogen-bond acceptors (Lipinski definition) is 4. The summed E-state index contributed by atoms with van der Waals surface area (Å²) in [5.74, 6) is 1.32. The van der Waals surface area contributed by atoms with Crippen molar-refractivity contribution >= 4 is 6.03 Å². The fraction of sp³-hybridized carbons (Fsp3) is 0.333. The van der Waals surface area contributed by atoms with E-state index in [-0.39, 0.29) is 6.03 Å². The van der Waals surface area contributed by atoms with E-state index in [4.69, 9.17) is 14.6 Å². The Balaban J connectivity index is 2.00. The summed E-state index contributed by atoms with van der Waals surface area (Å²) in [4.78, 5) is 14.6. The largest absolute Gasteiger partial charge is 0.439 e. The Kier molecular flexibility index (Phi) is 8.06. The highest BCUT2D eigenvalue weighted by molar-refractivity contribution is 5.75.